The number of aliphatic carboxylic acids is 1. The van der Waals surface area contributed by atoms with Crippen LogP contribution in [-0.4, -0.2) is 121 Å². The lowest BCUT2D eigenvalue weighted by molar-refractivity contribution is -0.364. The summed E-state index contributed by atoms with van der Waals surface area (Å²) in [6.45, 7) is 3.19. The van der Waals surface area contributed by atoms with Crippen LogP contribution in [0.5, 0.6) is 28.7 Å². The van der Waals surface area contributed by atoms with E-state index in [0.717, 1.165) is 0 Å². The van der Waals surface area contributed by atoms with Gasteiger partial charge in [0.25, 0.3) is 0 Å². The number of carbonyl (C=O) groups is 3. The van der Waals surface area contributed by atoms with Gasteiger partial charge in [-0.15, -0.1) is 0 Å². The molecular weight excluding hydrogens is 710 g/mol. The van der Waals surface area contributed by atoms with Crippen molar-refractivity contribution in [3.05, 3.63) is 41.0 Å². The number of aliphatic hydroxyl groups is 2. The number of nitrogens with one attached hydrogen (secondary N) is 1. The van der Waals surface area contributed by atoms with Gasteiger partial charge in [0, 0.05) is 24.5 Å². The number of carbonyl (C=O) groups excluding carboxylic acids is 2. The van der Waals surface area contributed by atoms with Gasteiger partial charge in [-0.1, -0.05) is 0 Å². The van der Waals surface area contributed by atoms with Crippen LogP contribution in [0.2, 0.25) is 0 Å². The zero-order chi connectivity index (χ0) is 37.4. The number of thiol groups is 1. The lowest BCUT2D eigenvalue weighted by Crippen LogP contribution is -2.63. The Balaban J connectivity index is 0.000000408. The molecule has 2 aromatic rings. The molecule has 52 heavy (non-hydrogen) atoms. The van der Waals surface area contributed by atoms with Gasteiger partial charge in [-0.2, -0.15) is 12.6 Å². The summed E-state index contributed by atoms with van der Waals surface area (Å²) in [4.78, 5) is 33.9. The van der Waals surface area contributed by atoms with Crippen LogP contribution in [0.1, 0.15) is 42.6 Å². The maximum Gasteiger partial charge on any atom is 0.327 e. The van der Waals surface area contributed by atoms with Crippen LogP contribution in [0.3, 0.4) is 0 Å². The van der Waals surface area contributed by atoms with Gasteiger partial charge < -0.3 is 68.4 Å². The van der Waals surface area contributed by atoms with Crippen LogP contribution < -0.4 is 24.3 Å². The third-order valence-electron chi connectivity index (χ3n) is 9.60. The molecule has 0 spiro atoms. The molecule has 284 valence electrons. The van der Waals surface area contributed by atoms with Gasteiger partial charge in [0.1, 0.15) is 30.5 Å². The van der Waals surface area contributed by atoms with E-state index in [0.29, 0.717) is 28.2 Å². The smallest absolute Gasteiger partial charge is 0.327 e. The maximum absolute atomic E-state index is 13.4. The Morgan fingerprint density at radius 2 is 1.63 bits per heavy atom. The number of fused-ring (bicyclic) bond motifs is 4. The highest BCUT2D eigenvalue weighted by molar-refractivity contribution is 7.80. The lowest BCUT2D eigenvalue weighted by atomic mass is 9.66. The fourth-order valence-corrected chi connectivity index (χ4v) is 7.41. The molecule has 0 aromatic heterocycles. The summed E-state index contributed by atoms with van der Waals surface area (Å²) in [6.07, 6.45) is -6.80. The Morgan fingerprint density at radius 3 is 2.21 bits per heavy atom. The van der Waals surface area contributed by atoms with Crippen molar-refractivity contribution in [2.24, 2.45) is 11.8 Å². The van der Waals surface area contributed by atoms with E-state index in [1.807, 2.05) is 0 Å². The van der Waals surface area contributed by atoms with Gasteiger partial charge in [-0.05, 0) is 47.9 Å². The third-order valence-corrected chi connectivity index (χ3v) is 9.97. The molecule has 18 heteroatoms. The average Bonchev–Trinajstić information content (AvgIpc) is 3.75. The van der Waals surface area contributed by atoms with Crippen molar-refractivity contribution < 1.29 is 77.4 Å². The third kappa shape index (κ3) is 7.15. The fraction of sp³-hybridized carbons (Fsp3) is 0.559. The topological polar surface area (TPSA) is 227 Å². The minimum absolute atomic E-state index is 0.0301. The van der Waals surface area contributed by atoms with E-state index in [9.17, 15) is 29.7 Å². The van der Waals surface area contributed by atoms with E-state index in [1.165, 1.54) is 21.1 Å². The Morgan fingerprint density at radius 1 is 0.981 bits per heavy atom. The lowest BCUT2D eigenvalue weighted by Gasteiger charge is -2.47. The van der Waals surface area contributed by atoms with Crippen LogP contribution in [0.15, 0.2) is 24.3 Å². The van der Waals surface area contributed by atoms with Crippen LogP contribution in [0.4, 0.5) is 0 Å². The van der Waals surface area contributed by atoms with Crippen LogP contribution in [-0.2, 0) is 38.1 Å². The molecule has 3 saturated heterocycles. The highest BCUT2D eigenvalue weighted by Gasteiger charge is 2.56. The summed E-state index contributed by atoms with van der Waals surface area (Å²) in [5, 5.41) is 43.1. The number of esters is 1. The molecule has 5 N–H and O–H groups in total. The number of phenolic OH excluding ortho intramolecular Hbond substituents is 1. The second-order valence-corrected chi connectivity index (χ2v) is 13.1. The molecule has 17 nitrogen and oxygen atoms in total. The normalized spacial score (nSPS) is 31.8. The molecule has 11 atom stereocenters. The molecule has 0 bridgehead atoms. The fourth-order valence-electron chi connectivity index (χ4n) is 7.17. The van der Waals surface area contributed by atoms with E-state index >= 15 is 0 Å². The summed E-state index contributed by atoms with van der Waals surface area (Å²) >= 11 is 3.73. The quantitative estimate of drug-likeness (QED) is 0.162. The van der Waals surface area contributed by atoms with Crippen molar-refractivity contribution in [1.82, 2.24) is 5.32 Å². The number of phenols is 1. The van der Waals surface area contributed by atoms with E-state index in [-0.39, 0.29) is 48.9 Å². The van der Waals surface area contributed by atoms with Crippen molar-refractivity contribution in [3.8, 4) is 28.7 Å². The monoisotopic (exact) mass is 751 g/mol. The first-order valence-electron chi connectivity index (χ1n) is 16.5. The van der Waals surface area contributed by atoms with Crippen LogP contribution in [0, 0.1) is 11.8 Å². The first-order valence-corrected chi connectivity index (χ1v) is 17.1. The van der Waals surface area contributed by atoms with Gasteiger partial charge >= 0.3 is 11.9 Å². The van der Waals surface area contributed by atoms with E-state index in [1.54, 1.807) is 31.2 Å². The standard InChI is InChI=1S/C29H32O13.C5H9NO3S/c1-11-36-9-20-27(40-11)24(31)25(32)29(41-20)42-26-14-7-17-16(38-10-39-17)6-13(14)21(22-15(26)8-37-28(22)33)12-4-18(34-2)23(30)19(5-12)35-3;1-3(7)6-4(2-10)5(8)9/h4-7,11,15,20-22,24-27,29-32H,8-10H2,1-3H3;4,10H,2H2,1H3,(H,6,7)(H,8,9)/t11-,15+,20-,21-,22+,24-,25-,26-,27-,29+;4-/m10/s1. The predicted molar refractivity (Wildman–Crippen MR) is 177 cm³/mol. The van der Waals surface area contributed by atoms with Gasteiger partial charge in [0.15, 0.2) is 35.6 Å². The molecule has 3 fully saturated rings. The molecular formula is C34H41NO16S. The number of carboxylic acid groups (broad SMARTS) is 1. The molecule has 0 saturated carbocycles. The highest BCUT2D eigenvalue weighted by atomic mass is 32.1. The molecule has 7 rings (SSSR count). The molecule has 0 unspecified atom stereocenters. The molecule has 0 radical (unpaired) electrons. The van der Waals surface area contributed by atoms with Crippen LogP contribution in [0.25, 0.3) is 0 Å². The largest absolute Gasteiger partial charge is 0.502 e. The number of benzene rings is 2. The maximum atomic E-state index is 13.4. The van der Waals surface area contributed by atoms with Gasteiger partial charge in [0.2, 0.25) is 18.4 Å². The summed E-state index contributed by atoms with van der Waals surface area (Å²) < 4.78 is 51.5. The first kappa shape index (κ1) is 37.7. The van der Waals surface area contributed by atoms with Crippen molar-refractivity contribution in [2.45, 2.75) is 68.9 Å². The van der Waals surface area contributed by atoms with E-state index in [4.69, 9.17) is 47.7 Å². The molecule has 1 aliphatic carbocycles. The van der Waals surface area contributed by atoms with Gasteiger partial charge in [0.05, 0.1) is 39.5 Å². The van der Waals surface area contributed by atoms with E-state index < -0.39 is 78.8 Å². The van der Waals surface area contributed by atoms with Crippen LogP contribution >= 0.6 is 12.6 Å². The van der Waals surface area contributed by atoms with Gasteiger partial charge in [-0.25, -0.2) is 4.79 Å². The molecule has 4 aliphatic heterocycles. The highest BCUT2D eigenvalue weighted by Crippen LogP contribution is 2.57. The Kier molecular flexibility index (Phi) is 11.3. The Labute approximate surface area is 303 Å². The molecule has 1 amide bonds. The number of rotatable bonds is 8. The second-order valence-electron chi connectivity index (χ2n) is 12.8. The number of hydrogen-bond donors (Lipinski definition) is 6. The first-order chi connectivity index (χ1) is 24.9. The summed E-state index contributed by atoms with van der Waals surface area (Å²) in [5.74, 6) is -2.34. The number of amides is 1. The van der Waals surface area contributed by atoms with Crippen molar-refractivity contribution in [1.29, 1.82) is 0 Å². The molecule has 5 aliphatic rings. The van der Waals surface area contributed by atoms with Crippen molar-refractivity contribution >= 4 is 30.5 Å². The zero-order valence-electron chi connectivity index (χ0n) is 28.6. The molecule has 2 aromatic carbocycles. The number of cyclic esters (lactones) is 1. The second kappa shape index (κ2) is 15.5. The average molecular weight is 752 g/mol. The van der Waals surface area contributed by atoms with E-state index in [2.05, 4.69) is 17.9 Å². The minimum Gasteiger partial charge on any atom is -0.502 e. The molecule has 4 heterocycles. The predicted octanol–water partition coefficient (Wildman–Crippen LogP) is 0.844. The SMILES string of the molecule is CC(=O)N[C@@H](CS)C(=O)O.COc1cc([C@@H]2c3cc4c(cc3[C@@H](O[C@@H]3O[C@@H]5CO[C@@H](C)O[C@H]5[C@H](O)[C@H]3O)[C@H]3COC(=O)[C@H]23)OCO4)cc(OC)c1O. The number of ether oxygens (including phenoxy) is 9. The Bertz CT molecular complexity index is 1650. The van der Waals surface area contributed by atoms with Crippen molar-refractivity contribution in [3.63, 3.8) is 0 Å². The number of aliphatic hydroxyl groups excluding tert-OH is 2. The van der Waals surface area contributed by atoms with Gasteiger partial charge in [-0.3, -0.25) is 9.59 Å². The Hall–Kier alpha value is -4.04. The number of hydrogen-bond acceptors (Lipinski definition) is 16. The summed E-state index contributed by atoms with van der Waals surface area (Å²) in [6, 6.07) is 6.05. The number of carboxylic acids is 1. The summed E-state index contributed by atoms with van der Waals surface area (Å²) in [7, 11) is 2.86. The minimum atomic E-state index is -1.44. The van der Waals surface area contributed by atoms with Crippen molar-refractivity contribution in [2.75, 3.05) is 40.0 Å². The zero-order valence-corrected chi connectivity index (χ0v) is 29.5. The number of methoxy groups -OCH3 is 2. The number of aromatic hydroxyl groups is 1. The summed E-state index contributed by atoms with van der Waals surface area (Å²) in [5.41, 5.74) is 2.01.